The van der Waals surface area contributed by atoms with Gasteiger partial charge in [-0.25, -0.2) is 8.78 Å². The molecule has 0 bridgehead atoms. The second kappa shape index (κ2) is 8.47. The fourth-order valence-electron chi connectivity index (χ4n) is 1.63. The van der Waals surface area contributed by atoms with Crippen LogP contribution >= 0.6 is 0 Å². The maximum absolute atomic E-state index is 13.7. The quantitative estimate of drug-likeness (QED) is 0.718. The first-order chi connectivity index (χ1) is 9.58. The average Bonchev–Trinajstić information content (AvgIpc) is 2.42. The van der Waals surface area contributed by atoms with E-state index in [0.29, 0.717) is 12.1 Å². The molecule has 0 heterocycles. The molecule has 0 aliphatic rings. The minimum Gasteiger partial charge on any atom is -0.487 e. The zero-order chi connectivity index (χ0) is 15.0. The highest BCUT2D eigenvalue weighted by Gasteiger charge is 2.13. The van der Waals surface area contributed by atoms with Gasteiger partial charge in [0.05, 0.1) is 13.0 Å². The van der Waals surface area contributed by atoms with E-state index in [9.17, 15) is 13.6 Å². The van der Waals surface area contributed by atoms with Crippen LogP contribution in [0.5, 0.6) is 5.75 Å². The van der Waals surface area contributed by atoms with Gasteiger partial charge in [0.2, 0.25) is 5.91 Å². The summed E-state index contributed by atoms with van der Waals surface area (Å²) in [6.07, 6.45) is 1.00. The van der Waals surface area contributed by atoms with Crippen molar-refractivity contribution in [1.82, 2.24) is 10.6 Å². The Balaban J connectivity index is 2.61. The van der Waals surface area contributed by atoms with Crippen LogP contribution in [-0.4, -0.2) is 26.1 Å². The SMILES string of the molecule is CCCNCc1cc(F)c(OCCC(=O)NC)c(F)c1. The highest BCUT2D eigenvalue weighted by molar-refractivity contribution is 5.75. The topological polar surface area (TPSA) is 50.4 Å². The maximum atomic E-state index is 13.7. The molecule has 0 saturated carbocycles. The first kappa shape index (κ1) is 16.4. The van der Waals surface area contributed by atoms with Gasteiger partial charge in [0.1, 0.15) is 0 Å². The smallest absolute Gasteiger partial charge is 0.223 e. The van der Waals surface area contributed by atoms with Crippen molar-refractivity contribution < 1.29 is 18.3 Å². The number of hydrogen-bond acceptors (Lipinski definition) is 3. The van der Waals surface area contributed by atoms with Crippen molar-refractivity contribution in [3.63, 3.8) is 0 Å². The van der Waals surface area contributed by atoms with Crippen molar-refractivity contribution in [1.29, 1.82) is 0 Å². The van der Waals surface area contributed by atoms with Gasteiger partial charge in [0.15, 0.2) is 17.4 Å². The number of ether oxygens (including phenoxy) is 1. The fourth-order valence-corrected chi connectivity index (χ4v) is 1.63. The Morgan fingerprint density at radius 1 is 1.30 bits per heavy atom. The van der Waals surface area contributed by atoms with Gasteiger partial charge in [-0.05, 0) is 30.7 Å². The molecule has 112 valence electrons. The summed E-state index contributed by atoms with van der Waals surface area (Å²) in [6, 6.07) is 2.47. The molecule has 0 spiro atoms. The van der Waals surface area contributed by atoms with Crippen LogP contribution in [0.1, 0.15) is 25.3 Å². The summed E-state index contributed by atoms with van der Waals surface area (Å²) in [7, 11) is 1.49. The van der Waals surface area contributed by atoms with E-state index >= 15 is 0 Å². The first-order valence-electron chi connectivity index (χ1n) is 6.60. The Morgan fingerprint density at radius 3 is 2.50 bits per heavy atom. The summed E-state index contributed by atoms with van der Waals surface area (Å²) in [5.41, 5.74) is 0.520. The van der Waals surface area contributed by atoms with Gasteiger partial charge in [-0.15, -0.1) is 0 Å². The normalized spacial score (nSPS) is 10.4. The van der Waals surface area contributed by atoms with Crippen LogP contribution in [0.2, 0.25) is 0 Å². The van der Waals surface area contributed by atoms with Crippen LogP contribution < -0.4 is 15.4 Å². The molecule has 1 aromatic rings. The molecule has 4 nitrogen and oxygen atoms in total. The highest BCUT2D eigenvalue weighted by Crippen LogP contribution is 2.23. The molecule has 1 rings (SSSR count). The van der Waals surface area contributed by atoms with Crippen molar-refractivity contribution in [2.24, 2.45) is 0 Å². The van der Waals surface area contributed by atoms with E-state index in [1.807, 2.05) is 6.92 Å². The fraction of sp³-hybridized carbons (Fsp3) is 0.500. The summed E-state index contributed by atoms with van der Waals surface area (Å²) in [4.78, 5) is 11.0. The van der Waals surface area contributed by atoms with Crippen molar-refractivity contribution in [2.45, 2.75) is 26.3 Å². The zero-order valence-electron chi connectivity index (χ0n) is 11.8. The molecule has 0 fully saturated rings. The van der Waals surface area contributed by atoms with Crippen molar-refractivity contribution in [2.75, 3.05) is 20.2 Å². The molecule has 6 heteroatoms. The number of amides is 1. The first-order valence-corrected chi connectivity index (χ1v) is 6.60. The van der Waals surface area contributed by atoms with Gasteiger partial charge in [-0.3, -0.25) is 4.79 Å². The third-order valence-corrected chi connectivity index (χ3v) is 2.67. The predicted octanol–water partition coefficient (Wildman–Crippen LogP) is 1.98. The molecule has 0 radical (unpaired) electrons. The molecule has 20 heavy (non-hydrogen) atoms. The Labute approximate surface area is 117 Å². The number of carbonyl (C=O) groups is 1. The highest BCUT2D eigenvalue weighted by atomic mass is 19.1. The van der Waals surface area contributed by atoms with Gasteiger partial charge >= 0.3 is 0 Å². The van der Waals surface area contributed by atoms with E-state index in [1.54, 1.807) is 0 Å². The van der Waals surface area contributed by atoms with E-state index in [1.165, 1.54) is 19.2 Å². The van der Waals surface area contributed by atoms with Crippen LogP contribution in [0.3, 0.4) is 0 Å². The monoisotopic (exact) mass is 286 g/mol. The number of rotatable bonds is 8. The molecule has 2 N–H and O–H groups in total. The second-order valence-corrected chi connectivity index (χ2v) is 4.34. The Bertz CT molecular complexity index is 430. The van der Waals surface area contributed by atoms with Crippen LogP contribution in [0.4, 0.5) is 8.78 Å². The van der Waals surface area contributed by atoms with Gasteiger partial charge < -0.3 is 15.4 Å². The Kier molecular flexibility index (Phi) is 6.93. The lowest BCUT2D eigenvalue weighted by atomic mass is 10.2. The van der Waals surface area contributed by atoms with E-state index in [4.69, 9.17) is 4.74 Å². The Morgan fingerprint density at radius 2 is 1.95 bits per heavy atom. The minimum absolute atomic E-state index is 0.0508. The third-order valence-electron chi connectivity index (χ3n) is 2.67. The zero-order valence-corrected chi connectivity index (χ0v) is 11.8. The molecule has 0 atom stereocenters. The average molecular weight is 286 g/mol. The molecule has 0 unspecified atom stereocenters. The summed E-state index contributed by atoms with van der Waals surface area (Å²) >= 11 is 0. The third kappa shape index (κ3) is 5.13. The van der Waals surface area contributed by atoms with Crippen LogP contribution in [0.25, 0.3) is 0 Å². The molecule has 1 amide bonds. The van der Waals surface area contributed by atoms with Crippen LogP contribution in [0, 0.1) is 11.6 Å². The molecule has 0 aliphatic heterocycles. The van der Waals surface area contributed by atoms with Gasteiger partial charge in [0.25, 0.3) is 0 Å². The lowest BCUT2D eigenvalue weighted by Crippen LogP contribution is -2.20. The van der Waals surface area contributed by atoms with Gasteiger partial charge in [-0.1, -0.05) is 6.92 Å². The number of halogens is 2. The number of nitrogens with one attached hydrogen (secondary N) is 2. The maximum Gasteiger partial charge on any atom is 0.223 e. The van der Waals surface area contributed by atoms with Crippen molar-refractivity contribution in [3.05, 3.63) is 29.3 Å². The van der Waals surface area contributed by atoms with Crippen LogP contribution in [0.15, 0.2) is 12.1 Å². The minimum atomic E-state index is -0.754. The van der Waals surface area contributed by atoms with E-state index in [-0.39, 0.29) is 18.9 Å². The summed E-state index contributed by atoms with van der Waals surface area (Å²) in [5, 5.41) is 5.47. The molecule has 0 saturated heterocycles. The summed E-state index contributed by atoms with van der Waals surface area (Å²) < 4.78 is 32.5. The summed E-state index contributed by atoms with van der Waals surface area (Å²) in [6.45, 7) is 3.13. The molecule has 1 aromatic carbocycles. The lowest BCUT2D eigenvalue weighted by molar-refractivity contribution is -0.121. The molecular weight excluding hydrogens is 266 g/mol. The van der Waals surface area contributed by atoms with Crippen molar-refractivity contribution in [3.8, 4) is 5.75 Å². The Hall–Kier alpha value is -1.69. The van der Waals surface area contributed by atoms with Crippen molar-refractivity contribution >= 4 is 5.91 Å². The number of benzene rings is 1. The number of carbonyl (C=O) groups excluding carboxylic acids is 1. The van der Waals surface area contributed by atoms with Gasteiger partial charge in [-0.2, -0.15) is 0 Å². The van der Waals surface area contributed by atoms with Gasteiger partial charge in [0, 0.05) is 13.6 Å². The standard InChI is InChI=1S/C14H20F2N2O2/c1-3-5-18-9-10-7-11(15)14(12(16)8-10)20-6-4-13(19)17-2/h7-8,18H,3-6,9H2,1-2H3,(H,17,19). The second-order valence-electron chi connectivity index (χ2n) is 4.34. The number of hydrogen-bond donors (Lipinski definition) is 2. The molecular formula is C14H20F2N2O2. The van der Waals surface area contributed by atoms with E-state index in [2.05, 4.69) is 10.6 Å². The predicted molar refractivity (Wildman–Crippen MR) is 72.5 cm³/mol. The molecule has 0 aromatic heterocycles. The lowest BCUT2D eigenvalue weighted by Gasteiger charge is -2.10. The summed E-state index contributed by atoms with van der Waals surface area (Å²) in [5.74, 6) is -2.19. The van der Waals surface area contributed by atoms with Crippen LogP contribution in [-0.2, 0) is 11.3 Å². The molecule has 0 aliphatic carbocycles. The van der Waals surface area contributed by atoms with E-state index in [0.717, 1.165) is 13.0 Å². The van der Waals surface area contributed by atoms with E-state index < -0.39 is 17.4 Å². The largest absolute Gasteiger partial charge is 0.487 e.